The van der Waals surface area contributed by atoms with Gasteiger partial charge in [0.2, 0.25) is 0 Å². The number of nitrogens with one attached hydrogen (secondary N) is 1. The molecule has 102 valence electrons. The van der Waals surface area contributed by atoms with Crippen LogP contribution in [0.5, 0.6) is 0 Å². The fourth-order valence-electron chi connectivity index (χ4n) is 1.70. The van der Waals surface area contributed by atoms with Crippen molar-refractivity contribution < 1.29 is 14.6 Å². The van der Waals surface area contributed by atoms with Crippen LogP contribution in [0, 0.1) is 0 Å². The molecule has 2 heterocycles. The summed E-state index contributed by atoms with van der Waals surface area (Å²) in [6.07, 6.45) is 2.47. The molecular formula is C13H16N2O3S. The molecule has 0 aliphatic carbocycles. The quantitative estimate of drug-likeness (QED) is 0.882. The molecule has 19 heavy (non-hydrogen) atoms. The van der Waals surface area contributed by atoms with Crippen LogP contribution < -0.4 is 0 Å². The van der Waals surface area contributed by atoms with Gasteiger partial charge in [-0.25, -0.2) is 9.78 Å². The van der Waals surface area contributed by atoms with Gasteiger partial charge >= 0.3 is 5.97 Å². The Bertz CT molecular complexity index is 584. The van der Waals surface area contributed by atoms with Crippen LogP contribution in [0.1, 0.15) is 35.8 Å². The van der Waals surface area contributed by atoms with E-state index in [1.807, 2.05) is 19.2 Å². The van der Waals surface area contributed by atoms with E-state index in [1.54, 1.807) is 19.4 Å². The van der Waals surface area contributed by atoms with Gasteiger partial charge in [-0.15, -0.1) is 11.3 Å². The molecule has 5 nitrogen and oxygen atoms in total. The Morgan fingerprint density at radius 1 is 1.63 bits per heavy atom. The van der Waals surface area contributed by atoms with Crippen molar-refractivity contribution >= 4 is 17.3 Å². The molecule has 0 saturated heterocycles. The van der Waals surface area contributed by atoms with E-state index in [0.717, 1.165) is 22.7 Å². The second-order valence-corrected chi connectivity index (χ2v) is 5.29. The van der Waals surface area contributed by atoms with Crippen LogP contribution in [-0.2, 0) is 10.3 Å². The maximum absolute atomic E-state index is 10.8. The number of methoxy groups -OCH3 is 1. The largest absolute Gasteiger partial charge is 0.477 e. The highest BCUT2D eigenvalue weighted by Crippen LogP contribution is 2.33. The predicted octanol–water partition coefficient (Wildman–Crippen LogP) is 3.11. The molecule has 0 fully saturated rings. The first-order chi connectivity index (χ1) is 9.00. The van der Waals surface area contributed by atoms with Gasteiger partial charge in [0.25, 0.3) is 0 Å². The van der Waals surface area contributed by atoms with Crippen molar-refractivity contribution in [2.75, 3.05) is 7.11 Å². The Balaban J connectivity index is 2.32. The second kappa shape index (κ2) is 5.14. The minimum Gasteiger partial charge on any atom is -0.477 e. The maximum atomic E-state index is 10.8. The Morgan fingerprint density at radius 3 is 2.89 bits per heavy atom. The number of hydrogen-bond donors (Lipinski definition) is 2. The number of hydrogen-bond acceptors (Lipinski definition) is 4. The summed E-state index contributed by atoms with van der Waals surface area (Å²) in [5.74, 6) is -0.975. The summed E-state index contributed by atoms with van der Waals surface area (Å²) < 4.78 is 5.51. The van der Waals surface area contributed by atoms with E-state index in [9.17, 15) is 4.79 Å². The van der Waals surface area contributed by atoms with Crippen molar-refractivity contribution in [2.45, 2.75) is 25.9 Å². The number of ether oxygens (including phenoxy) is 1. The highest BCUT2D eigenvalue weighted by atomic mass is 32.1. The highest BCUT2D eigenvalue weighted by molar-refractivity contribution is 7.10. The Kier molecular flexibility index (Phi) is 3.73. The molecule has 2 aromatic rings. The number of carboxylic acid groups (broad SMARTS) is 1. The van der Waals surface area contributed by atoms with Crippen molar-refractivity contribution in [3.63, 3.8) is 0 Å². The van der Waals surface area contributed by atoms with Gasteiger partial charge in [-0.3, -0.25) is 0 Å². The molecule has 0 aliphatic rings. The third-order valence-corrected chi connectivity index (χ3v) is 4.38. The van der Waals surface area contributed by atoms with Gasteiger partial charge < -0.3 is 14.8 Å². The van der Waals surface area contributed by atoms with Gasteiger partial charge in [0, 0.05) is 24.3 Å². The molecule has 2 rings (SSSR count). The summed E-state index contributed by atoms with van der Waals surface area (Å²) in [5, 5.41) is 11.7. The predicted molar refractivity (Wildman–Crippen MR) is 73.5 cm³/mol. The van der Waals surface area contributed by atoms with E-state index in [2.05, 4.69) is 9.97 Å². The van der Waals surface area contributed by atoms with Crippen LogP contribution in [0.25, 0.3) is 11.3 Å². The normalized spacial score (nSPS) is 14.3. The molecule has 0 saturated carbocycles. The average molecular weight is 280 g/mol. The van der Waals surface area contributed by atoms with Crippen molar-refractivity contribution in [3.05, 3.63) is 28.3 Å². The molecule has 6 heteroatoms. The summed E-state index contributed by atoms with van der Waals surface area (Å²) in [6, 6.07) is 1.58. The lowest BCUT2D eigenvalue weighted by molar-refractivity contribution is -0.00149. The summed E-state index contributed by atoms with van der Waals surface area (Å²) in [7, 11) is 1.67. The molecule has 2 aromatic heterocycles. The number of carbonyl (C=O) groups is 1. The number of rotatable bonds is 5. The molecule has 0 radical (unpaired) electrons. The minimum atomic E-state index is -0.975. The highest BCUT2D eigenvalue weighted by Gasteiger charge is 2.27. The summed E-state index contributed by atoms with van der Waals surface area (Å²) in [4.78, 5) is 18.1. The smallest absolute Gasteiger partial charge is 0.352 e. The van der Waals surface area contributed by atoms with Crippen molar-refractivity contribution in [1.82, 2.24) is 9.97 Å². The third-order valence-electron chi connectivity index (χ3n) is 3.29. The van der Waals surface area contributed by atoms with Gasteiger partial charge in [0.15, 0.2) is 0 Å². The van der Waals surface area contributed by atoms with Gasteiger partial charge in [0.05, 0.1) is 5.69 Å². The standard InChI is InChI=1S/C13H16N2O3S/c1-4-13(2,18-3)12-15-10(7-19-12)8-5-9(11(16)17)14-6-8/h5-7,14H,4H2,1-3H3,(H,16,17). The third kappa shape index (κ3) is 2.54. The first-order valence-electron chi connectivity index (χ1n) is 5.93. The monoisotopic (exact) mass is 280 g/mol. The van der Waals surface area contributed by atoms with E-state index in [1.165, 1.54) is 11.3 Å². The van der Waals surface area contributed by atoms with E-state index in [0.29, 0.717) is 0 Å². The molecular weight excluding hydrogens is 264 g/mol. The summed E-state index contributed by atoms with van der Waals surface area (Å²) in [6.45, 7) is 4.04. The summed E-state index contributed by atoms with van der Waals surface area (Å²) in [5.41, 5.74) is 1.30. The van der Waals surface area contributed by atoms with Crippen molar-refractivity contribution in [2.24, 2.45) is 0 Å². The molecule has 0 aromatic carbocycles. The van der Waals surface area contributed by atoms with Gasteiger partial charge in [-0.2, -0.15) is 0 Å². The first kappa shape index (κ1) is 13.8. The maximum Gasteiger partial charge on any atom is 0.352 e. The number of aromatic amines is 1. The number of nitrogens with zero attached hydrogens (tertiary/aromatic N) is 1. The second-order valence-electron chi connectivity index (χ2n) is 4.43. The Labute approximate surface area is 115 Å². The van der Waals surface area contributed by atoms with Crippen LogP contribution in [0.2, 0.25) is 0 Å². The van der Waals surface area contributed by atoms with Crippen molar-refractivity contribution in [1.29, 1.82) is 0 Å². The Hall–Kier alpha value is -1.66. The van der Waals surface area contributed by atoms with E-state index < -0.39 is 11.6 Å². The topological polar surface area (TPSA) is 75.2 Å². The van der Waals surface area contributed by atoms with Gasteiger partial charge in [-0.05, 0) is 19.4 Å². The van der Waals surface area contributed by atoms with E-state index in [-0.39, 0.29) is 5.69 Å². The molecule has 1 atom stereocenters. The van der Waals surface area contributed by atoms with Crippen molar-refractivity contribution in [3.8, 4) is 11.3 Å². The molecule has 0 aliphatic heterocycles. The first-order valence-corrected chi connectivity index (χ1v) is 6.81. The zero-order valence-corrected chi connectivity index (χ0v) is 11.9. The number of thiazole rings is 1. The van der Waals surface area contributed by atoms with E-state index >= 15 is 0 Å². The minimum absolute atomic E-state index is 0.162. The SMILES string of the molecule is CCC(C)(OC)c1nc(-c2c[nH]c(C(=O)O)c2)cs1. The summed E-state index contributed by atoms with van der Waals surface area (Å²) >= 11 is 1.52. The van der Waals surface area contributed by atoms with Crippen LogP contribution in [0.15, 0.2) is 17.6 Å². The lowest BCUT2D eigenvalue weighted by Gasteiger charge is -2.23. The van der Waals surface area contributed by atoms with Crippen LogP contribution in [-0.4, -0.2) is 28.2 Å². The molecule has 1 unspecified atom stereocenters. The number of aromatic carboxylic acids is 1. The van der Waals surface area contributed by atoms with Crippen LogP contribution >= 0.6 is 11.3 Å². The van der Waals surface area contributed by atoms with Gasteiger partial charge in [-0.1, -0.05) is 6.92 Å². The Morgan fingerprint density at radius 2 is 2.37 bits per heavy atom. The fraction of sp³-hybridized carbons (Fsp3) is 0.385. The fourth-order valence-corrected chi connectivity index (χ4v) is 2.74. The zero-order valence-electron chi connectivity index (χ0n) is 11.1. The van der Waals surface area contributed by atoms with Crippen LogP contribution in [0.3, 0.4) is 0 Å². The number of H-pyrrole nitrogens is 1. The average Bonchev–Trinajstić information content (AvgIpc) is 3.05. The lowest BCUT2D eigenvalue weighted by Crippen LogP contribution is -2.22. The van der Waals surface area contributed by atoms with Crippen LogP contribution in [0.4, 0.5) is 0 Å². The van der Waals surface area contributed by atoms with Gasteiger partial charge in [0.1, 0.15) is 16.3 Å². The molecule has 0 spiro atoms. The molecule has 0 amide bonds. The number of carboxylic acids is 1. The zero-order chi connectivity index (χ0) is 14.0. The molecule has 2 N–H and O–H groups in total. The number of aromatic nitrogens is 2. The van der Waals surface area contributed by atoms with E-state index in [4.69, 9.17) is 9.84 Å². The lowest BCUT2D eigenvalue weighted by atomic mass is 10.0. The molecule has 0 bridgehead atoms.